The highest BCUT2D eigenvalue weighted by atomic mass is 16.5. The zero-order valence-electron chi connectivity index (χ0n) is 12.8. The van der Waals surface area contributed by atoms with E-state index >= 15 is 0 Å². The van der Waals surface area contributed by atoms with Crippen LogP contribution < -0.4 is 14.2 Å². The molecule has 1 heterocycles. The minimum absolute atomic E-state index is 0.530. The first kappa shape index (κ1) is 14.9. The Morgan fingerprint density at radius 2 is 1.61 bits per heavy atom. The first-order chi connectivity index (χ1) is 11.3. The van der Waals surface area contributed by atoms with E-state index in [2.05, 4.69) is 4.98 Å². The Kier molecular flexibility index (Phi) is 4.74. The van der Waals surface area contributed by atoms with Crippen LogP contribution in [0, 0.1) is 0 Å². The van der Waals surface area contributed by atoms with Crippen LogP contribution in [-0.2, 0) is 0 Å². The van der Waals surface area contributed by atoms with Gasteiger partial charge in [-0.05, 0) is 37.3 Å². The average Bonchev–Trinajstić information content (AvgIpc) is 2.59. The molecule has 1 aromatic heterocycles. The van der Waals surface area contributed by atoms with E-state index < -0.39 is 0 Å². The van der Waals surface area contributed by atoms with Gasteiger partial charge in [-0.15, -0.1) is 0 Å². The summed E-state index contributed by atoms with van der Waals surface area (Å²) in [6, 6.07) is 20.5. The van der Waals surface area contributed by atoms with Crippen LogP contribution in [0.3, 0.4) is 0 Å². The van der Waals surface area contributed by atoms with E-state index in [1.54, 1.807) is 18.3 Å². The Balaban J connectivity index is 1.86. The zero-order valence-corrected chi connectivity index (χ0v) is 12.8. The summed E-state index contributed by atoms with van der Waals surface area (Å²) < 4.78 is 17.3. The van der Waals surface area contributed by atoms with Crippen molar-refractivity contribution in [3.63, 3.8) is 0 Å². The number of pyridine rings is 1. The molecule has 23 heavy (non-hydrogen) atoms. The standard InChI is InChI=1S/C19H17NO3/c1-2-21-17-12-11-16(23-19-10-6-7-13-20-19)14-18(17)22-15-8-4-3-5-9-15/h3-14H,2H2,1H3. The molecule has 0 atom stereocenters. The summed E-state index contributed by atoms with van der Waals surface area (Å²) in [6.45, 7) is 2.50. The van der Waals surface area contributed by atoms with Gasteiger partial charge in [-0.2, -0.15) is 0 Å². The monoisotopic (exact) mass is 307 g/mol. The summed E-state index contributed by atoms with van der Waals surface area (Å²) in [4.78, 5) is 4.15. The summed E-state index contributed by atoms with van der Waals surface area (Å²) in [6.07, 6.45) is 1.69. The lowest BCUT2D eigenvalue weighted by molar-refractivity contribution is 0.320. The van der Waals surface area contributed by atoms with Gasteiger partial charge in [-0.3, -0.25) is 0 Å². The molecule has 0 spiro atoms. The van der Waals surface area contributed by atoms with Crippen LogP contribution in [0.4, 0.5) is 0 Å². The van der Waals surface area contributed by atoms with E-state index in [0.29, 0.717) is 29.7 Å². The lowest BCUT2D eigenvalue weighted by atomic mass is 10.3. The van der Waals surface area contributed by atoms with Crippen LogP contribution in [0.2, 0.25) is 0 Å². The number of ether oxygens (including phenoxy) is 3. The molecule has 3 aromatic rings. The van der Waals surface area contributed by atoms with Crippen molar-refractivity contribution in [2.75, 3.05) is 6.61 Å². The van der Waals surface area contributed by atoms with Crippen LogP contribution in [-0.4, -0.2) is 11.6 Å². The second-order valence-electron chi connectivity index (χ2n) is 4.73. The second kappa shape index (κ2) is 7.31. The van der Waals surface area contributed by atoms with Crippen molar-refractivity contribution in [1.29, 1.82) is 0 Å². The average molecular weight is 307 g/mol. The predicted octanol–water partition coefficient (Wildman–Crippen LogP) is 5.06. The third-order valence-electron chi connectivity index (χ3n) is 3.05. The molecule has 0 bridgehead atoms. The van der Waals surface area contributed by atoms with Crippen molar-refractivity contribution in [1.82, 2.24) is 4.98 Å². The molecular weight excluding hydrogens is 290 g/mol. The van der Waals surface area contributed by atoms with Gasteiger partial charge in [0.05, 0.1) is 6.61 Å². The maximum Gasteiger partial charge on any atom is 0.219 e. The molecule has 0 aliphatic carbocycles. The van der Waals surface area contributed by atoms with E-state index in [4.69, 9.17) is 14.2 Å². The smallest absolute Gasteiger partial charge is 0.219 e. The molecule has 2 aromatic carbocycles. The fraction of sp³-hybridized carbons (Fsp3) is 0.105. The number of rotatable bonds is 6. The van der Waals surface area contributed by atoms with Crippen molar-refractivity contribution in [3.8, 4) is 28.9 Å². The lowest BCUT2D eigenvalue weighted by Crippen LogP contribution is -1.96. The Bertz CT molecular complexity index is 745. The normalized spacial score (nSPS) is 10.1. The Labute approximate surface area is 135 Å². The molecule has 0 saturated carbocycles. The fourth-order valence-corrected chi connectivity index (χ4v) is 2.05. The molecule has 0 amide bonds. The van der Waals surface area contributed by atoms with Crippen LogP contribution in [0.5, 0.6) is 28.9 Å². The van der Waals surface area contributed by atoms with Gasteiger partial charge in [-0.25, -0.2) is 4.98 Å². The summed E-state index contributed by atoms with van der Waals surface area (Å²) in [7, 11) is 0. The largest absolute Gasteiger partial charge is 0.490 e. The highest BCUT2D eigenvalue weighted by molar-refractivity contribution is 5.48. The molecule has 0 fully saturated rings. The van der Waals surface area contributed by atoms with Crippen LogP contribution in [0.15, 0.2) is 72.9 Å². The topological polar surface area (TPSA) is 40.6 Å². The molecule has 0 radical (unpaired) electrons. The minimum atomic E-state index is 0.530. The molecule has 3 rings (SSSR count). The SMILES string of the molecule is CCOc1ccc(Oc2ccccn2)cc1Oc1ccccc1. The molecule has 0 N–H and O–H groups in total. The lowest BCUT2D eigenvalue weighted by Gasteiger charge is -2.13. The molecule has 4 heteroatoms. The number of hydrogen-bond acceptors (Lipinski definition) is 4. The number of benzene rings is 2. The van der Waals surface area contributed by atoms with Gasteiger partial charge < -0.3 is 14.2 Å². The van der Waals surface area contributed by atoms with E-state index in [1.165, 1.54) is 0 Å². The molecule has 4 nitrogen and oxygen atoms in total. The molecule has 0 aliphatic heterocycles. The Morgan fingerprint density at radius 3 is 2.35 bits per heavy atom. The number of aromatic nitrogens is 1. The van der Waals surface area contributed by atoms with Crippen molar-refractivity contribution in [2.45, 2.75) is 6.92 Å². The summed E-state index contributed by atoms with van der Waals surface area (Å²) in [5.74, 6) is 3.18. The summed E-state index contributed by atoms with van der Waals surface area (Å²) >= 11 is 0. The van der Waals surface area contributed by atoms with Crippen LogP contribution >= 0.6 is 0 Å². The third kappa shape index (κ3) is 4.01. The predicted molar refractivity (Wildman–Crippen MR) is 88.4 cm³/mol. The van der Waals surface area contributed by atoms with Crippen molar-refractivity contribution in [3.05, 3.63) is 72.9 Å². The first-order valence-electron chi connectivity index (χ1n) is 7.44. The fourth-order valence-electron chi connectivity index (χ4n) is 2.05. The first-order valence-corrected chi connectivity index (χ1v) is 7.44. The maximum atomic E-state index is 5.92. The van der Waals surface area contributed by atoms with Gasteiger partial charge in [0.15, 0.2) is 11.5 Å². The summed E-state index contributed by atoms with van der Waals surface area (Å²) in [5, 5.41) is 0. The van der Waals surface area contributed by atoms with Gasteiger partial charge in [0, 0.05) is 18.3 Å². The summed E-state index contributed by atoms with van der Waals surface area (Å²) in [5.41, 5.74) is 0. The number of nitrogens with zero attached hydrogens (tertiary/aromatic N) is 1. The Hall–Kier alpha value is -3.01. The quantitative estimate of drug-likeness (QED) is 0.638. The molecule has 0 saturated heterocycles. The molecule has 0 unspecified atom stereocenters. The van der Waals surface area contributed by atoms with E-state index in [-0.39, 0.29) is 0 Å². The van der Waals surface area contributed by atoms with Gasteiger partial charge in [0.1, 0.15) is 11.5 Å². The second-order valence-corrected chi connectivity index (χ2v) is 4.73. The highest BCUT2D eigenvalue weighted by Gasteiger charge is 2.09. The molecule has 0 aliphatic rings. The van der Waals surface area contributed by atoms with Crippen molar-refractivity contribution in [2.24, 2.45) is 0 Å². The van der Waals surface area contributed by atoms with Crippen LogP contribution in [0.1, 0.15) is 6.92 Å². The van der Waals surface area contributed by atoms with Crippen molar-refractivity contribution < 1.29 is 14.2 Å². The van der Waals surface area contributed by atoms with E-state index in [9.17, 15) is 0 Å². The van der Waals surface area contributed by atoms with Crippen LogP contribution in [0.25, 0.3) is 0 Å². The van der Waals surface area contributed by atoms with Crippen molar-refractivity contribution >= 4 is 0 Å². The number of hydrogen-bond donors (Lipinski definition) is 0. The number of para-hydroxylation sites is 1. The zero-order chi connectivity index (χ0) is 15.9. The molecular formula is C19H17NO3. The maximum absolute atomic E-state index is 5.92. The highest BCUT2D eigenvalue weighted by Crippen LogP contribution is 2.36. The van der Waals surface area contributed by atoms with Gasteiger partial charge in [0.2, 0.25) is 5.88 Å². The van der Waals surface area contributed by atoms with Gasteiger partial charge in [0.25, 0.3) is 0 Å². The van der Waals surface area contributed by atoms with Gasteiger partial charge in [-0.1, -0.05) is 24.3 Å². The van der Waals surface area contributed by atoms with E-state index in [0.717, 1.165) is 5.75 Å². The van der Waals surface area contributed by atoms with Gasteiger partial charge >= 0.3 is 0 Å². The third-order valence-corrected chi connectivity index (χ3v) is 3.05. The minimum Gasteiger partial charge on any atom is -0.490 e. The molecule has 116 valence electrons. The Morgan fingerprint density at radius 1 is 0.783 bits per heavy atom. The van der Waals surface area contributed by atoms with E-state index in [1.807, 2.05) is 61.5 Å².